The van der Waals surface area contributed by atoms with Gasteiger partial charge < -0.3 is 15.1 Å². The molecule has 0 aromatic heterocycles. The van der Waals surface area contributed by atoms with E-state index in [-0.39, 0.29) is 12.5 Å². The molecule has 0 fully saturated rings. The summed E-state index contributed by atoms with van der Waals surface area (Å²) in [7, 11) is 3.96. The number of nitrogens with zero attached hydrogens (tertiary/aromatic N) is 1. The van der Waals surface area contributed by atoms with Crippen LogP contribution in [0.3, 0.4) is 0 Å². The van der Waals surface area contributed by atoms with Gasteiger partial charge >= 0.3 is 0 Å². The molecule has 0 spiro atoms. The van der Waals surface area contributed by atoms with Crippen LogP contribution in [0.25, 0.3) is 0 Å². The molecular weight excluding hydrogens is 166 g/mol. The van der Waals surface area contributed by atoms with Crippen molar-refractivity contribution in [1.82, 2.24) is 4.90 Å². The predicted octanol–water partition coefficient (Wildman–Crippen LogP) is 0.563. The Morgan fingerprint density at radius 1 is 1.31 bits per heavy atom. The Morgan fingerprint density at radius 2 is 1.77 bits per heavy atom. The normalized spacial score (nSPS) is 17.5. The van der Waals surface area contributed by atoms with Crippen LogP contribution in [0.15, 0.2) is 0 Å². The standard InChI is InChI=1S/C10H23NO2/c1-8(6-11(4)5)9(13)10(2,3)7-12/h8-9,12-13H,6-7H2,1-5H3. The quantitative estimate of drug-likeness (QED) is 0.664. The maximum Gasteiger partial charge on any atom is 0.0650 e. The largest absolute Gasteiger partial charge is 0.396 e. The molecule has 0 saturated carbocycles. The molecule has 0 aromatic rings. The second-order valence-electron chi connectivity index (χ2n) is 4.83. The number of aliphatic hydroxyl groups is 2. The molecule has 0 heterocycles. The molecule has 3 nitrogen and oxygen atoms in total. The zero-order valence-corrected chi connectivity index (χ0v) is 9.41. The van der Waals surface area contributed by atoms with E-state index < -0.39 is 11.5 Å². The van der Waals surface area contributed by atoms with Crippen LogP contribution >= 0.6 is 0 Å². The average molecular weight is 189 g/mol. The van der Waals surface area contributed by atoms with Crippen molar-refractivity contribution in [2.45, 2.75) is 26.9 Å². The third-order valence-electron chi connectivity index (χ3n) is 2.40. The van der Waals surface area contributed by atoms with E-state index in [1.807, 2.05) is 39.8 Å². The van der Waals surface area contributed by atoms with Gasteiger partial charge in [0.15, 0.2) is 0 Å². The first-order valence-electron chi connectivity index (χ1n) is 4.75. The lowest BCUT2D eigenvalue weighted by Gasteiger charge is -2.33. The minimum Gasteiger partial charge on any atom is -0.396 e. The predicted molar refractivity (Wildman–Crippen MR) is 54.6 cm³/mol. The maximum absolute atomic E-state index is 9.91. The Labute approximate surface area is 81.4 Å². The van der Waals surface area contributed by atoms with Crippen LogP contribution in [0.5, 0.6) is 0 Å². The maximum atomic E-state index is 9.91. The lowest BCUT2D eigenvalue weighted by molar-refractivity contribution is -0.0303. The molecule has 0 aliphatic rings. The van der Waals surface area contributed by atoms with Crippen molar-refractivity contribution in [3.63, 3.8) is 0 Å². The number of hydrogen-bond donors (Lipinski definition) is 2. The van der Waals surface area contributed by atoms with Crippen molar-refractivity contribution < 1.29 is 10.2 Å². The molecule has 2 unspecified atom stereocenters. The highest BCUT2D eigenvalue weighted by Gasteiger charge is 2.31. The Bertz CT molecular complexity index is 146. The molecule has 3 heteroatoms. The molecule has 0 aromatic carbocycles. The Morgan fingerprint density at radius 3 is 2.08 bits per heavy atom. The highest BCUT2D eigenvalue weighted by atomic mass is 16.3. The molecule has 2 N–H and O–H groups in total. The fraction of sp³-hybridized carbons (Fsp3) is 1.00. The van der Waals surface area contributed by atoms with E-state index in [1.54, 1.807) is 0 Å². The molecule has 80 valence electrons. The van der Waals surface area contributed by atoms with Crippen LogP contribution < -0.4 is 0 Å². The Kier molecular flexibility index (Phi) is 4.89. The lowest BCUT2D eigenvalue weighted by atomic mass is 9.81. The summed E-state index contributed by atoms with van der Waals surface area (Å²) in [6, 6.07) is 0. The first-order chi connectivity index (χ1) is 5.81. The minimum atomic E-state index is -0.458. The van der Waals surface area contributed by atoms with Crippen LogP contribution in [0.1, 0.15) is 20.8 Å². The highest BCUT2D eigenvalue weighted by molar-refractivity contribution is 4.81. The van der Waals surface area contributed by atoms with Gasteiger partial charge in [0, 0.05) is 12.0 Å². The fourth-order valence-corrected chi connectivity index (χ4v) is 1.54. The molecule has 2 atom stereocenters. The van der Waals surface area contributed by atoms with Crippen LogP contribution in [-0.2, 0) is 0 Å². The summed E-state index contributed by atoms with van der Waals surface area (Å²) in [4.78, 5) is 2.04. The lowest BCUT2D eigenvalue weighted by Crippen LogP contribution is -2.41. The van der Waals surface area contributed by atoms with Crippen molar-refractivity contribution in [3.05, 3.63) is 0 Å². The summed E-state index contributed by atoms with van der Waals surface area (Å²) in [6.07, 6.45) is -0.458. The number of rotatable bonds is 5. The van der Waals surface area contributed by atoms with E-state index >= 15 is 0 Å². The summed E-state index contributed by atoms with van der Waals surface area (Å²) in [5.41, 5.74) is -0.407. The van der Waals surface area contributed by atoms with E-state index in [0.717, 1.165) is 6.54 Å². The molecule has 0 aliphatic carbocycles. The third-order valence-corrected chi connectivity index (χ3v) is 2.40. The van der Waals surface area contributed by atoms with Gasteiger partial charge in [0.05, 0.1) is 12.7 Å². The first kappa shape index (κ1) is 12.9. The average Bonchev–Trinajstić information content (AvgIpc) is 2.01. The van der Waals surface area contributed by atoms with E-state index in [1.165, 1.54) is 0 Å². The van der Waals surface area contributed by atoms with Crippen LogP contribution in [-0.4, -0.2) is 48.5 Å². The van der Waals surface area contributed by atoms with Crippen molar-refractivity contribution in [2.24, 2.45) is 11.3 Å². The van der Waals surface area contributed by atoms with Gasteiger partial charge in [-0.1, -0.05) is 20.8 Å². The first-order valence-corrected chi connectivity index (χ1v) is 4.75. The summed E-state index contributed by atoms with van der Waals surface area (Å²) < 4.78 is 0. The zero-order chi connectivity index (χ0) is 10.6. The fourth-order valence-electron chi connectivity index (χ4n) is 1.54. The Balaban J connectivity index is 4.16. The van der Waals surface area contributed by atoms with Crippen molar-refractivity contribution in [2.75, 3.05) is 27.2 Å². The monoisotopic (exact) mass is 189 g/mol. The molecule has 0 aliphatic heterocycles. The van der Waals surface area contributed by atoms with E-state index in [9.17, 15) is 5.11 Å². The van der Waals surface area contributed by atoms with Crippen molar-refractivity contribution in [1.29, 1.82) is 0 Å². The van der Waals surface area contributed by atoms with E-state index in [4.69, 9.17) is 5.11 Å². The topological polar surface area (TPSA) is 43.7 Å². The van der Waals surface area contributed by atoms with Crippen LogP contribution in [0.4, 0.5) is 0 Å². The smallest absolute Gasteiger partial charge is 0.0650 e. The van der Waals surface area contributed by atoms with Crippen LogP contribution in [0.2, 0.25) is 0 Å². The van der Waals surface area contributed by atoms with Crippen LogP contribution in [0, 0.1) is 11.3 Å². The molecular formula is C10H23NO2. The second-order valence-corrected chi connectivity index (χ2v) is 4.83. The molecule has 13 heavy (non-hydrogen) atoms. The van der Waals surface area contributed by atoms with Gasteiger partial charge in [0.25, 0.3) is 0 Å². The third kappa shape index (κ3) is 4.07. The summed E-state index contributed by atoms with van der Waals surface area (Å²) in [5.74, 6) is 0.178. The summed E-state index contributed by atoms with van der Waals surface area (Å²) >= 11 is 0. The Hall–Kier alpha value is -0.120. The van der Waals surface area contributed by atoms with Gasteiger partial charge in [-0.15, -0.1) is 0 Å². The van der Waals surface area contributed by atoms with Crippen molar-refractivity contribution in [3.8, 4) is 0 Å². The van der Waals surface area contributed by atoms with Gasteiger partial charge in [-0.05, 0) is 20.0 Å². The molecule has 0 amide bonds. The number of hydrogen-bond acceptors (Lipinski definition) is 3. The summed E-state index contributed by atoms with van der Waals surface area (Å²) in [6.45, 7) is 6.62. The van der Waals surface area contributed by atoms with Gasteiger partial charge in [-0.2, -0.15) is 0 Å². The van der Waals surface area contributed by atoms with Gasteiger partial charge in [-0.25, -0.2) is 0 Å². The van der Waals surface area contributed by atoms with Crippen molar-refractivity contribution >= 4 is 0 Å². The van der Waals surface area contributed by atoms with E-state index in [0.29, 0.717) is 0 Å². The minimum absolute atomic E-state index is 0.0198. The number of aliphatic hydroxyl groups excluding tert-OH is 2. The zero-order valence-electron chi connectivity index (χ0n) is 9.41. The molecule has 0 rings (SSSR count). The van der Waals surface area contributed by atoms with Gasteiger partial charge in [-0.3, -0.25) is 0 Å². The van der Waals surface area contributed by atoms with E-state index in [2.05, 4.69) is 0 Å². The molecule has 0 bridgehead atoms. The second kappa shape index (κ2) is 4.94. The van der Waals surface area contributed by atoms with Gasteiger partial charge in [0.2, 0.25) is 0 Å². The molecule has 0 radical (unpaired) electrons. The SMILES string of the molecule is CC(CN(C)C)C(O)C(C)(C)CO. The summed E-state index contributed by atoms with van der Waals surface area (Å²) in [5, 5.41) is 19.0. The molecule has 0 saturated heterocycles. The van der Waals surface area contributed by atoms with Gasteiger partial charge in [0.1, 0.15) is 0 Å². The highest BCUT2D eigenvalue weighted by Crippen LogP contribution is 2.25.